The Hall–Kier alpha value is -5.41. The zero-order valence-corrected chi connectivity index (χ0v) is 24.5. The summed E-state index contributed by atoms with van der Waals surface area (Å²) in [5.74, 6) is 0. The Bertz CT molecular complexity index is 2410. The molecule has 8 rings (SSSR count). The average Bonchev–Trinajstić information content (AvgIpc) is 3.07. The highest BCUT2D eigenvalue weighted by Gasteiger charge is 2.30. The predicted octanol–water partition coefficient (Wildman–Crippen LogP) is 12.6. The van der Waals surface area contributed by atoms with Crippen LogP contribution in [0, 0.1) is 6.92 Å². The van der Waals surface area contributed by atoms with Gasteiger partial charge in [-0.2, -0.15) is 13.2 Å². The molecule has 0 radical (unpaired) electrons. The first kappa shape index (κ1) is 27.2. The molecule has 3 heteroatoms. The van der Waals surface area contributed by atoms with Gasteiger partial charge in [-0.3, -0.25) is 0 Å². The zero-order valence-electron chi connectivity index (χ0n) is 24.5. The Labute approximate surface area is 259 Å². The number of rotatable bonds is 3. The molecule has 8 aromatic rings. The third-order valence-corrected chi connectivity index (χ3v) is 8.92. The lowest BCUT2D eigenvalue weighted by Crippen LogP contribution is -2.04. The summed E-state index contributed by atoms with van der Waals surface area (Å²) < 4.78 is 41.1. The lowest BCUT2D eigenvalue weighted by atomic mass is 9.83. The molecule has 0 aromatic heterocycles. The van der Waals surface area contributed by atoms with E-state index < -0.39 is 11.7 Å². The Morgan fingerprint density at radius 2 is 0.978 bits per heavy atom. The van der Waals surface area contributed by atoms with Crippen LogP contribution in [-0.4, -0.2) is 0 Å². The second-order valence-electron chi connectivity index (χ2n) is 11.7. The van der Waals surface area contributed by atoms with Crippen molar-refractivity contribution >= 4 is 43.1 Å². The highest BCUT2D eigenvalue weighted by molar-refractivity contribution is 6.26. The molecular formula is C42H27F3. The minimum atomic E-state index is -4.42. The van der Waals surface area contributed by atoms with E-state index in [1.54, 1.807) is 6.07 Å². The summed E-state index contributed by atoms with van der Waals surface area (Å²) in [5, 5.41) is 8.99. The Morgan fingerprint density at radius 3 is 1.71 bits per heavy atom. The number of benzene rings is 8. The molecule has 45 heavy (non-hydrogen) atoms. The van der Waals surface area contributed by atoms with Gasteiger partial charge < -0.3 is 0 Å². The van der Waals surface area contributed by atoms with Crippen LogP contribution in [0.25, 0.3) is 76.5 Å². The van der Waals surface area contributed by atoms with E-state index in [2.05, 4.69) is 122 Å². The van der Waals surface area contributed by atoms with E-state index in [0.29, 0.717) is 5.56 Å². The lowest BCUT2D eigenvalue weighted by Gasteiger charge is -2.20. The largest absolute Gasteiger partial charge is 0.416 e. The lowest BCUT2D eigenvalue weighted by molar-refractivity contribution is -0.137. The highest BCUT2D eigenvalue weighted by Crippen LogP contribution is 2.47. The van der Waals surface area contributed by atoms with E-state index in [-0.39, 0.29) is 0 Å². The van der Waals surface area contributed by atoms with Crippen LogP contribution in [0.5, 0.6) is 0 Å². The van der Waals surface area contributed by atoms with Gasteiger partial charge in [0.2, 0.25) is 0 Å². The maximum absolute atomic E-state index is 13.7. The zero-order chi connectivity index (χ0) is 30.7. The van der Waals surface area contributed by atoms with Crippen LogP contribution in [-0.2, 0) is 6.18 Å². The van der Waals surface area contributed by atoms with Crippen LogP contribution in [0.3, 0.4) is 0 Å². The summed E-state index contributed by atoms with van der Waals surface area (Å²) in [6.45, 7) is 2.07. The minimum Gasteiger partial charge on any atom is -0.166 e. The molecule has 0 saturated carbocycles. The first-order valence-corrected chi connectivity index (χ1v) is 15.0. The van der Waals surface area contributed by atoms with Gasteiger partial charge in [-0.15, -0.1) is 0 Å². The van der Waals surface area contributed by atoms with Crippen molar-refractivity contribution in [3.8, 4) is 33.4 Å². The van der Waals surface area contributed by atoms with Crippen LogP contribution in [0.2, 0.25) is 0 Å². The van der Waals surface area contributed by atoms with Gasteiger partial charge in [0.15, 0.2) is 0 Å². The number of hydrogen-bond acceptors (Lipinski definition) is 0. The van der Waals surface area contributed by atoms with Gasteiger partial charge in [0.05, 0.1) is 5.56 Å². The van der Waals surface area contributed by atoms with Crippen molar-refractivity contribution in [1.82, 2.24) is 0 Å². The third-order valence-electron chi connectivity index (χ3n) is 8.92. The molecule has 0 atom stereocenters. The smallest absolute Gasteiger partial charge is 0.166 e. The molecule has 216 valence electrons. The molecule has 0 saturated heterocycles. The van der Waals surface area contributed by atoms with Crippen LogP contribution in [0.1, 0.15) is 11.1 Å². The standard InChI is InChI=1S/C42H27F3/c1-26-17-19-27(20-18-26)40-35-15-6-7-16-36(35)41(38-25-30-9-2-3-12-32(30)33-13-4-5-14-34(33)38)37-22-21-29(24-39(37)40)28-10-8-11-31(23-28)42(43,44)45/h2-25H,1H3. The number of hydrogen-bond donors (Lipinski definition) is 0. The molecule has 0 aliphatic rings. The Balaban J connectivity index is 1.53. The van der Waals surface area contributed by atoms with Crippen LogP contribution in [0.4, 0.5) is 13.2 Å². The average molecular weight is 589 g/mol. The van der Waals surface area contributed by atoms with Crippen molar-refractivity contribution in [1.29, 1.82) is 0 Å². The van der Waals surface area contributed by atoms with Crippen molar-refractivity contribution in [2.75, 3.05) is 0 Å². The van der Waals surface area contributed by atoms with E-state index in [1.807, 2.05) is 6.07 Å². The molecular weight excluding hydrogens is 561 g/mol. The molecule has 0 aliphatic carbocycles. The second-order valence-corrected chi connectivity index (χ2v) is 11.7. The highest BCUT2D eigenvalue weighted by atomic mass is 19.4. The van der Waals surface area contributed by atoms with Gasteiger partial charge in [-0.05, 0) is 108 Å². The maximum Gasteiger partial charge on any atom is 0.416 e. The maximum atomic E-state index is 13.7. The number of aryl methyl sites for hydroxylation is 1. The van der Waals surface area contributed by atoms with Gasteiger partial charge in [0.25, 0.3) is 0 Å². The molecule has 0 bridgehead atoms. The summed E-state index contributed by atoms with van der Waals surface area (Å²) in [5.41, 5.74) is 6.18. The molecule has 0 fully saturated rings. The molecule has 0 heterocycles. The number of halogens is 3. The SMILES string of the molecule is Cc1ccc(-c2c3ccccc3c(-c3cc4ccccc4c4ccccc34)c3ccc(-c4cccc(C(F)(F)F)c4)cc23)cc1. The summed E-state index contributed by atoms with van der Waals surface area (Å²) >= 11 is 0. The monoisotopic (exact) mass is 588 g/mol. The van der Waals surface area contributed by atoms with Crippen molar-refractivity contribution in [3.63, 3.8) is 0 Å². The van der Waals surface area contributed by atoms with Crippen molar-refractivity contribution in [3.05, 3.63) is 157 Å². The van der Waals surface area contributed by atoms with Gasteiger partial charge in [-0.1, -0.05) is 127 Å². The fourth-order valence-electron chi connectivity index (χ4n) is 6.82. The number of fused-ring (bicyclic) bond motifs is 5. The molecule has 0 aliphatic heterocycles. The number of alkyl halides is 3. The van der Waals surface area contributed by atoms with Gasteiger partial charge in [0.1, 0.15) is 0 Å². The first-order chi connectivity index (χ1) is 21.9. The summed E-state index contributed by atoms with van der Waals surface area (Å²) in [6, 6.07) is 48.0. The molecule has 0 N–H and O–H groups in total. The van der Waals surface area contributed by atoms with E-state index >= 15 is 0 Å². The Morgan fingerprint density at radius 1 is 0.400 bits per heavy atom. The fraction of sp³-hybridized carbons (Fsp3) is 0.0476. The normalized spacial score (nSPS) is 12.0. The fourth-order valence-corrected chi connectivity index (χ4v) is 6.82. The quantitative estimate of drug-likeness (QED) is 0.142. The van der Waals surface area contributed by atoms with Crippen LogP contribution in [0.15, 0.2) is 146 Å². The molecule has 0 unspecified atom stereocenters. The Kier molecular flexibility index (Phi) is 6.25. The van der Waals surface area contributed by atoms with E-state index in [0.717, 1.165) is 71.8 Å². The topological polar surface area (TPSA) is 0 Å². The molecule has 0 nitrogen and oxygen atoms in total. The van der Waals surface area contributed by atoms with Crippen LogP contribution < -0.4 is 0 Å². The van der Waals surface area contributed by atoms with E-state index in [9.17, 15) is 13.2 Å². The van der Waals surface area contributed by atoms with Gasteiger partial charge >= 0.3 is 6.18 Å². The molecule has 0 spiro atoms. The molecule has 0 amide bonds. The van der Waals surface area contributed by atoms with Crippen LogP contribution >= 0.6 is 0 Å². The summed E-state index contributed by atoms with van der Waals surface area (Å²) in [6.07, 6.45) is -4.42. The first-order valence-electron chi connectivity index (χ1n) is 15.0. The second kappa shape index (κ2) is 10.3. The van der Waals surface area contributed by atoms with Crippen molar-refractivity contribution < 1.29 is 13.2 Å². The van der Waals surface area contributed by atoms with Crippen molar-refractivity contribution in [2.24, 2.45) is 0 Å². The summed E-state index contributed by atoms with van der Waals surface area (Å²) in [4.78, 5) is 0. The van der Waals surface area contributed by atoms with E-state index in [4.69, 9.17) is 0 Å². The van der Waals surface area contributed by atoms with Crippen molar-refractivity contribution in [2.45, 2.75) is 13.1 Å². The van der Waals surface area contributed by atoms with Gasteiger partial charge in [0, 0.05) is 0 Å². The third kappa shape index (κ3) is 4.55. The summed E-state index contributed by atoms with van der Waals surface area (Å²) in [7, 11) is 0. The predicted molar refractivity (Wildman–Crippen MR) is 183 cm³/mol. The molecule has 8 aromatic carbocycles. The minimum absolute atomic E-state index is 0.535. The van der Waals surface area contributed by atoms with Gasteiger partial charge in [-0.25, -0.2) is 0 Å². The van der Waals surface area contributed by atoms with E-state index in [1.165, 1.54) is 22.9 Å².